The molecule has 0 aliphatic carbocycles. The molecule has 0 spiro atoms. The van der Waals surface area contributed by atoms with Gasteiger partial charge in [0.1, 0.15) is 0 Å². The average molecular weight is 578 g/mol. The molecule has 29 heavy (non-hydrogen) atoms. The van der Waals surface area contributed by atoms with E-state index in [1.165, 1.54) is 28.0 Å². The third-order valence-electron chi connectivity index (χ3n) is 4.88. The number of thiazole rings is 1. The Morgan fingerprint density at radius 1 is 1.14 bits per heavy atom. The van der Waals surface area contributed by atoms with Gasteiger partial charge in [0, 0.05) is 38.2 Å². The number of benzene rings is 2. The van der Waals surface area contributed by atoms with Gasteiger partial charge in [-0.1, -0.05) is 45.5 Å². The van der Waals surface area contributed by atoms with E-state index in [1.54, 1.807) is 0 Å². The van der Waals surface area contributed by atoms with Crippen LogP contribution in [0.25, 0.3) is 32.1 Å². The van der Waals surface area contributed by atoms with E-state index in [0.29, 0.717) is 5.13 Å². The van der Waals surface area contributed by atoms with Crippen LogP contribution in [-0.4, -0.2) is 14.5 Å². The zero-order valence-corrected chi connectivity index (χ0v) is 20.2. The van der Waals surface area contributed by atoms with Gasteiger partial charge in [-0.25, -0.2) is 0 Å². The summed E-state index contributed by atoms with van der Waals surface area (Å²) in [5.74, 6) is 0.842. The Kier molecular flexibility index (Phi) is 5.78. The van der Waals surface area contributed by atoms with Gasteiger partial charge in [-0.15, -0.1) is 29.0 Å². The van der Waals surface area contributed by atoms with Crippen molar-refractivity contribution in [3.05, 3.63) is 70.8 Å². The van der Waals surface area contributed by atoms with Crippen LogP contribution in [0.1, 0.15) is 37.5 Å². The van der Waals surface area contributed by atoms with Crippen molar-refractivity contribution in [2.24, 2.45) is 0 Å². The molecule has 0 aliphatic heterocycles. The second kappa shape index (κ2) is 7.83. The first kappa shape index (κ1) is 21.4. The van der Waals surface area contributed by atoms with E-state index in [2.05, 4.69) is 72.2 Å². The van der Waals surface area contributed by atoms with Crippen LogP contribution < -0.4 is 0 Å². The number of aromatic nitrogens is 3. The summed E-state index contributed by atoms with van der Waals surface area (Å²) in [4.78, 5) is 12.3. The normalized spacial score (nSPS) is 11.3. The van der Waals surface area contributed by atoms with Crippen molar-refractivity contribution in [3.63, 3.8) is 0 Å². The van der Waals surface area contributed by atoms with E-state index in [-0.39, 0.29) is 25.5 Å². The van der Waals surface area contributed by atoms with Crippen LogP contribution in [0.15, 0.2) is 36.7 Å². The molecule has 1 radical (unpaired) electrons. The molecule has 0 amide bonds. The summed E-state index contributed by atoms with van der Waals surface area (Å²) in [6, 6.07) is 11.7. The van der Waals surface area contributed by atoms with Crippen molar-refractivity contribution >= 4 is 26.7 Å². The summed E-state index contributed by atoms with van der Waals surface area (Å²) >= 11 is 1.40. The number of hydrogen-bond donors (Lipinski definition) is 0. The van der Waals surface area contributed by atoms with Gasteiger partial charge in [0.2, 0.25) is 0 Å². The van der Waals surface area contributed by atoms with Gasteiger partial charge >= 0.3 is 5.13 Å². The van der Waals surface area contributed by atoms with E-state index in [0.717, 1.165) is 27.3 Å². The summed E-state index contributed by atoms with van der Waals surface area (Å²) in [6.07, 6.45) is 3.82. The van der Waals surface area contributed by atoms with Gasteiger partial charge in [-0.3, -0.25) is 4.98 Å². The molecule has 0 aliphatic rings. The molecular formula is C23H21IrN4S-. The molecular weight excluding hydrogens is 557 g/mol. The van der Waals surface area contributed by atoms with Gasteiger partial charge in [0.15, 0.2) is 0 Å². The summed E-state index contributed by atoms with van der Waals surface area (Å²) in [5.41, 5.74) is 6.74. The van der Waals surface area contributed by atoms with Crippen LogP contribution >= 0.6 is 11.3 Å². The van der Waals surface area contributed by atoms with E-state index < -0.39 is 0 Å². The van der Waals surface area contributed by atoms with Crippen LogP contribution in [0.3, 0.4) is 0 Å². The summed E-state index contributed by atoms with van der Waals surface area (Å²) in [7, 11) is 0. The number of fused-ring (bicyclic) bond motifs is 1. The minimum Gasteiger partial charge on any atom is -0.352 e. The topological polar surface area (TPSA) is 35.1 Å². The average Bonchev–Trinajstić information content (AvgIpc) is 3.26. The van der Waals surface area contributed by atoms with Crippen molar-refractivity contribution in [2.45, 2.75) is 40.0 Å². The van der Waals surface area contributed by atoms with Crippen molar-refractivity contribution in [2.75, 3.05) is 0 Å². The fourth-order valence-electron chi connectivity index (χ4n) is 3.49. The second-order valence-electron chi connectivity index (χ2n) is 8.03. The Bertz CT molecular complexity index is 1210. The standard InChI is InChI=1S/C23H21N4S.Ir/c1-14-11-17(23(3,4)5)12-15(2)20(14)27-10-9-25-21(27)16-7-8-18-19(13-16)28-22(24-6)26-18;/h8-13H,1-5H3;/q-1;. The molecule has 0 N–H and O–H groups in total. The smallest absolute Gasteiger partial charge is 0.319 e. The van der Waals surface area contributed by atoms with Gasteiger partial charge in [0.05, 0.1) is 11.3 Å². The van der Waals surface area contributed by atoms with Crippen LogP contribution in [0.2, 0.25) is 0 Å². The number of imidazole rings is 1. The van der Waals surface area contributed by atoms with E-state index in [9.17, 15) is 0 Å². The number of rotatable bonds is 2. The van der Waals surface area contributed by atoms with Crippen molar-refractivity contribution < 1.29 is 20.1 Å². The predicted molar refractivity (Wildman–Crippen MR) is 115 cm³/mol. The molecule has 0 fully saturated rings. The van der Waals surface area contributed by atoms with E-state index >= 15 is 0 Å². The first-order chi connectivity index (χ1) is 13.3. The molecule has 0 unspecified atom stereocenters. The maximum absolute atomic E-state index is 7.17. The molecule has 6 heteroatoms. The van der Waals surface area contributed by atoms with Crippen molar-refractivity contribution in [3.8, 4) is 17.1 Å². The van der Waals surface area contributed by atoms with E-state index in [1.807, 2.05) is 24.5 Å². The summed E-state index contributed by atoms with van der Waals surface area (Å²) in [5, 5.41) is 0.452. The van der Waals surface area contributed by atoms with Gasteiger partial charge in [-0.2, -0.15) is 4.98 Å². The maximum atomic E-state index is 7.17. The van der Waals surface area contributed by atoms with Crippen molar-refractivity contribution in [1.82, 2.24) is 14.5 Å². The monoisotopic (exact) mass is 578 g/mol. The van der Waals surface area contributed by atoms with Gasteiger partial charge < -0.3 is 9.41 Å². The molecule has 0 saturated heterocycles. The molecule has 0 atom stereocenters. The first-order valence-electron chi connectivity index (χ1n) is 9.13. The number of nitrogens with zero attached hydrogens (tertiary/aromatic N) is 4. The molecule has 0 saturated carbocycles. The second-order valence-corrected chi connectivity index (χ2v) is 9.04. The third kappa shape index (κ3) is 3.91. The van der Waals surface area contributed by atoms with Crippen LogP contribution in [0.5, 0.6) is 0 Å². The molecule has 0 bridgehead atoms. The van der Waals surface area contributed by atoms with Crippen LogP contribution in [0, 0.1) is 26.5 Å². The molecule has 2 aromatic heterocycles. The summed E-state index contributed by atoms with van der Waals surface area (Å²) < 4.78 is 3.11. The fraction of sp³-hybridized carbons (Fsp3) is 0.261. The molecule has 149 valence electrons. The van der Waals surface area contributed by atoms with Crippen molar-refractivity contribution in [1.29, 1.82) is 0 Å². The number of aryl methyl sites for hydroxylation is 2. The zero-order chi connectivity index (χ0) is 20.1. The minimum absolute atomic E-state index is 0. The van der Waals surface area contributed by atoms with Gasteiger partial charge in [-0.05, 0) is 40.7 Å². The molecule has 2 aromatic carbocycles. The van der Waals surface area contributed by atoms with Crippen LogP contribution in [-0.2, 0) is 25.5 Å². The Morgan fingerprint density at radius 3 is 2.45 bits per heavy atom. The fourth-order valence-corrected chi connectivity index (χ4v) is 4.26. The Balaban J connectivity index is 0.00000240. The van der Waals surface area contributed by atoms with Crippen LogP contribution in [0.4, 0.5) is 5.13 Å². The molecule has 4 rings (SSSR count). The quantitative estimate of drug-likeness (QED) is 0.258. The predicted octanol–water partition coefficient (Wildman–Crippen LogP) is 6.41. The van der Waals surface area contributed by atoms with Gasteiger partial charge in [0.25, 0.3) is 0 Å². The summed E-state index contributed by atoms with van der Waals surface area (Å²) in [6.45, 7) is 18.2. The minimum atomic E-state index is 0. The third-order valence-corrected chi connectivity index (χ3v) is 5.80. The number of hydrogen-bond acceptors (Lipinski definition) is 3. The SMILES string of the molecule is [C-]#[N+]c1nc2c[c-]c(-c3nccn3-c3c(C)cc(C(C)(C)C)cc3C)cc2s1.[Ir]. The van der Waals surface area contributed by atoms with E-state index in [4.69, 9.17) is 6.57 Å². The Hall–Kier alpha value is -2.32. The largest absolute Gasteiger partial charge is 0.352 e. The Morgan fingerprint density at radius 2 is 1.83 bits per heavy atom. The Labute approximate surface area is 188 Å². The molecule has 4 nitrogen and oxygen atoms in total. The maximum Gasteiger partial charge on any atom is 0.319 e. The first-order valence-corrected chi connectivity index (χ1v) is 9.95. The molecule has 2 heterocycles. The zero-order valence-electron chi connectivity index (χ0n) is 17.0. The molecule has 4 aromatic rings.